The van der Waals surface area contributed by atoms with Crippen LogP contribution < -0.4 is 10.1 Å². The normalized spacial score (nSPS) is 14.8. The number of nitrogens with zero attached hydrogens (tertiary/aromatic N) is 1. The zero-order chi connectivity index (χ0) is 16.7. The molecule has 4 heteroatoms. The maximum absolute atomic E-state index is 12.7. The van der Waals surface area contributed by atoms with E-state index in [0.717, 1.165) is 19.0 Å². The molecule has 23 heavy (non-hydrogen) atoms. The number of aryl methyl sites for hydroxylation is 2. The lowest BCUT2D eigenvalue weighted by atomic mass is 9.89. The third-order valence-corrected chi connectivity index (χ3v) is 4.21. The van der Waals surface area contributed by atoms with Crippen molar-refractivity contribution in [3.05, 3.63) is 59.2 Å². The maximum Gasteiger partial charge on any atom is 0.129 e. The van der Waals surface area contributed by atoms with Gasteiger partial charge in [-0.15, -0.1) is 0 Å². The summed E-state index contributed by atoms with van der Waals surface area (Å²) in [6, 6.07) is 9.06. The van der Waals surface area contributed by atoms with E-state index in [1.54, 1.807) is 19.1 Å². The maximum atomic E-state index is 12.7. The predicted octanol–water partition coefficient (Wildman–Crippen LogP) is 4.00. The molecule has 0 unspecified atom stereocenters. The number of halogens is 1. The molecule has 2 heterocycles. The number of methoxy groups -OCH3 is 1. The van der Waals surface area contributed by atoms with Crippen LogP contribution in [0.15, 0.2) is 36.5 Å². The lowest BCUT2D eigenvalue weighted by Gasteiger charge is -2.23. The van der Waals surface area contributed by atoms with Crippen molar-refractivity contribution in [3.8, 4) is 5.75 Å². The Labute approximate surface area is 137 Å². The van der Waals surface area contributed by atoms with Crippen molar-refractivity contribution in [2.45, 2.75) is 32.6 Å². The molecular formula is C19H25FN2O. The van der Waals surface area contributed by atoms with Gasteiger partial charge in [0.05, 0.1) is 7.11 Å². The lowest BCUT2D eigenvalue weighted by Crippen LogP contribution is -2.27. The molecule has 0 spiro atoms. The zero-order valence-corrected chi connectivity index (χ0v) is 14.1. The topological polar surface area (TPSA) is 34.1 Å². The molecule has 3 nitrogen and oxygen atoms in total. The fourth-order valence-electron chi connectivity index (χ4n) is 2.76. The van der Waals surface area contributed by atoms with Gasteiger partial charge in [0.1, 0.15) is 11.6 Å². The molecule has 1 N–H and O–H groups in total. The Hall–Kier alpha value is -1.94. The van der Waals surface area contributed by atoms with Gasteiger partial charge in [0, 0.05) is 18.0 Å². The molecule has 1 aromatic carbocycles. The van der Waals surface area contributed by atoms with Crippen LogP contribution in [0.2, 0.25) is 0 Å². The molecule has 0 aliphatic carbocycles. The van der Waals surface area contributed by atoms with Crippen molar-refractivity contribution in [1.82, 2.24) is 10.3 Å². The van der Waals surface area contributed by atoms with Crippen molar-refractivity contribution in [2.75, 3.05) is 20.2 Å². The van der Waals surface area contributed by atoms with Crippen LogP contribution in [0.4, 0.5) is 4.39 Å². The van der Waals surface area contributed by atoms with Crippen LogP contribution in [0.3, 0.4) is 0 Å². The number of hydrogen-bond donors (Lipinski definition) is 1. The summed E-state index contributed by atoms with van der Waals surface area (Å²) in [6.07, 6.45) is 4.39. The van der Waals surface area contributed by atoms with E-state index < -0.39 is 0 Å². The Balaban J connectivity index is 0.000000174. The molecule has 2 aromatic rings. The summed E-state index contributed by atoms with van der Waals surface area (Å²) in [6.45, 7) is 6.13. The molecule has 1 fully saturated rings. The molecule has 1 saturated heterocycles. The second kappa shape index (κ2) is 8.63. The Bertz CT molecular complexity index is 625. The van der Waals surface area contributed by atoms with Crippen molar-refractivity contribution in [1.29, 1.82) is 0 Å². The van der Waals surface area contributed by atoms with Crippen LogP contribution >= 0.6 is 0 Å². The number of hydrogen-bond acceptors (Lipinski definition) is 3. The lowest BCUT2D eigenvalue weighted by molar-refractivity contribution is 0.411. The van der Waals surface area contributed by atoms with Gasteiger partial charge in [-0.1, -0.05) is 12.1 Å². The molecule has 1 aromatic heterocycles. The van der Waals surface area contributed by atoms with E-state index in [1.807, 2.05) is 12.3 Å². The predicted molar refractivity (Wildman–Crippen MR) is 91.5 cm³/mol. The first-order chi connectivity index (χ1) is 11.1. The minimum absolute atomic E-state index is 0.223. The third kappa shape index (κ3) is 5.03. The molecular weight excluding hydrogens is 291 g/mol. The van der Waals surface area contributed by atoms with E-state index in [-0.39, 0.29) is 5.82 Å². The number of benzene rings is 1. The van der Waals surface area contributed by atoms with Crippen molar-refractivity contribution >= 4 is 0 Å². The van der Waals surface area contributed by atoms with Gasteiger partial charge in [-0.05, 0) is 69.0 Å². The van der Waals surface area contributed by atoms with Crippen LogP contribution in [0.1, 0.15) is 35.6 Å². The van der Waals surface area contributed by atoms with E-state index in [2.05, 4.69) is 23.3 Å². The summed E-state index contributed by atoms with van der Waals surface area (Å²) in [5.41, 5.74) is 3.29. The summed E-state index contributed by atoms with van der Waals surface area (Å²) in [5.74, 6) is 1.07. The van der Waals surface area contributed by atoms with Crippen LogP contribution in [-0.2, 0) is 0 Å². The average Bonchev–Trinajstić information content (AvgIpc) is 2.59. The van der Waals surface area contributed by atoms with Gasteiger partial charge < -0.3 is 10.1 Å². The highest BCUT2D eigenvalue weighted by Crippen LogP contribution is 2.26. The van der Waals surface area contributed by atoms with Crippen LogP contribution in [0, 0.1) is 19.7 Å². The molecule has 124 valence electrons. The molecule has 0 atom stereocenters. The number of ether oxygens (including phenoxy) is 1. The van der Waals surface area contributed by atoms with E-state index in [4.69, 9.17) is 4.74 Å². The monoisotopic (exact) mass is 316 g/mol. The second-order valence-corrected chi connectivity index (χ2v) is 5.82. The van der Waals surface area contributed by atoms with Crippen LogP contribution in [0.5, 0.6) is 5.75 Å². The van der Waals surface area contributed by atoms with Gasteiger partial charge in [0.25, 0.3) is 0 Å². The van der Waals surface area contributed by atoms with Crippen molar-refractivity contribution < 1.29 is 9.13 Å². The quantitative estimate of drug-likeness (QED) is 0.909. The minimum Gasteiger partial charge on any atom is -0.497 e. The van der Waals surface area contributed by atoms with Gasteiger partial charge in [0.2, 0.25) is 0 Å². The second-order valence-electron chi connectivity index (χ2n) is 5.82. The van der Waals surface area contributed by atoms with Crippen molar-refractivity contribution in [3.63, 3.8) is 0 Å². The SMILES string of the molecule is COc1ccc(C)c(F)c1.Cc1ncccc1C1CCNCC1. The molecule has 3 rings (SSSR count). The van der Waals surface area contributed by atoms with E-state index >= 15 is 0 Å². The van der Waals surface area contributed by atoms with Crippen molar-refractivity contribution in [2.24, 2.45) is 0 Å². The van der Waals surface area contributed by atoms with Gasteiger partial charge in [-0.2, -0.15) is 0 Å². The Kier molecular flexibility index (Phi) is 6.53. The summed E-state index contributed by atoms with van der Waals surface area (Å²) < 4.78 is 17.5. The first-order valence-electron chi connectivity index (χ1n) is 8.04. The zero-order valence-electron chi connectivity index (χ0n) is 14.1. The molecule has 0 radical (unpaired) electrons. The van der Waals surface area contributed by atoms with Gasteiger partial charge in [-0.3, -0.25) is 4.98 Å². The summed E-state index contributed by atoms with van der Waals surface area (Å²) in [5, 5.41) is 3.38. The summed E-state index contributed by atoms with van der Waals surface area (Å²) in [7, 11) is 1.52. The van der Waals surface area contributed by atoms with E-state index in [9.17, 15) is 4.39 Å². The number of aromatic nitrogens is 1. The number of pyridine rings is 1. The first-order valence-corrected chi connectivity index (χ1v) is 8.04. The van der Waals surface area contributed by atoms with Crippen LogP contribution in [-0.4, -0.2) is 25.2 Å². The highest BCUT2D eigenvalue weighted by Gasteiger charge is 2.16. The van der Waals surface area contributed by atoms with Gasteiger partial charge in [-0.25, -0.2) is 4.39 Å². The van der Waals surface area contributed by atoms with Crippen LogP contribution in [0.25, 0.3) is 0 Å². The third-order valence-electron chi connectivity index (χ3n) is 4.21. The average molecular weight is 316 g/mol. The minimum atomic E-state index is -0.223. The Morgan fingerprint density at radius 1 is 1.17 bits per heavy atom. The standard InChI is InChI=1S/C11H16N2.C8H9FO/c1-9-11(3-2-6-13-9)10-4-7-12-8-5-10;1-6-3-4-7(10-2)5-8(6)9/h2-3,6,10,12H,4-5,7-8H2,1H3;3-5H,1-2H3. The largest absolute Gasteiger partial charge is 0.497 e. The summed E-state index contributed by atoms with van der Waals surface area (Å²) >= 11 is 0. The Morgan fingerprint density at radius 2 is 1.91 bits per heavy atom. The highest BCUT2D eigenvalue weighted by atomic mass is 19.1. The molecule has 0 saturated carbocycles. The number of rotatable bonds is 2. The molecule has 0 bridgehead atoms. The highest BCUT2D eigenvalue weighted by molar-refractivity contribution is 5.27. The van der Waals surface area contributed by atoms with E-state index in [0.29, 0.717) is 11.3 Å². The van der Waals surface area contributed by atoms with E-state index in [1.165, 1.54) is 37.3 Å². The smallest absolute Gasteiger partial charge is 0.129 e. The van der Waals surface area contributed by atoms with Gasteiger partial charge >= 0.3 is 0 Å². The fourth-order valence-corrected chi connectivity index (χ4v) is 2.76. The molecule has 1 aliphatic heterocycles. The first kappa shape index (κ1) is 17.4. The Morgan fingerprint density at radius 3 is 2.52 bits per heavy atom. The summed E-state index contributed by atoms with van der Waals surface area (Å²) in [4.78, 5) is 4.33. The number of nitrogens with one attached hydrogen (secondary N) is 1. The number of piperidine rings is 1. The fraction of sp³-hybridized carbons (Fsp3) is 0.421. The molecule has 1 aliphatic rings. The van der Waals surface area contributed by atoms with Gasteiger partial charge in [0.15, 0.2) is 0 Å². The molecule has 0 amide bonds.